The van der Waals surface area contributed by atoms with Gasteiger partial charge in [0.2, 0.25) is 0 Å². The summed E-state index contributed by atoms with van der Waals surface area (Å²) in [5, 5.41) is 11.8. The Kier molecular flexibility index (Phi) is 6.95. The maximum Gasteiger partial charge on any atom is 0.300 e. The molecule has 3 aromatic carbocycles. The van der Waals surface area contributed by atoms with Gasteiger partial charge in [0.05, 0.1) is 36.4 Å². The van der Waals surface area contributed by atoms with Crippen LogP contribution in [0.1, 0.15) is 22.7 Å². The fourth-order valence-corrected chi connectivity index (χ4v) is 4.62. The van der Waals surface area contributed by atoms with E-state index in [0.717, 1.165) is 16.8 Å². The van der Waals surface area contributed by atoms with Gasteiger partial charge in [-0.15, -0.1) is 0 Å². The number of methoxy groups -OCH3 is 2. The minimum Gasteiger partial charge on any atom is -0.507 e. The van der Waals surface area contributed by atoms with Crippen molar-refractivity contribution in [3.05, 3.63) is 87.9 Å². The molecule has 0 aromatic heterocycles. The number of carbonyl (C=O) groups is 2. The van der Waals surface area contributed by atoms with E-state index < -0.39 is 17.7 Å². The number of aliphatic hydroxyl groups excluding tert-OH is 1. The molecular formula is C28H27ClN2O5. The second kappa shape index (κ2) is 9.95. The Bertz CT molecular complexity index is 1360. The molecule has 8 heteroatoms. The highest BCUT2D eigenvalue weighted by Gasteiger charge is 2.47. The van der Waals surface area contributed by atoms with Crippen LogP contribution in [-0.2, 0) is 9.59 Å². The van der Waals surface area contributed by atoms with E-state index in [1.807, 2.05) is 62.3 Å². The first-order valence-corrected chi connectivity index (χ1v) is 11.6. The van der Waals surface area contributed by atoms with Crippen molar-refractivity contribution in [3.8, 4) is 11.5 Å². The summed E-state index contributed by atoms with van der Waals surface area (Å²) in [5.74, 6) is -1.38. The van der Waals surface area contributed by atoms with Crippen LogP contribution in [0.25, 0.3) is 5.76 Å². The van der Waals surface area contributed by atoms with Crippen molar-refractivity contribution in [2.75, 3.05) is 38.1 Å². The minimum atomic E-state index is -0.859. The molecule has 1 aliphatic heterocycles. The number of ether oxygens (including phenoxy) is 2. The highest BCUT2D eigenvalue weighted by atomic mass is 35.5. The molecule has 1 atom stereocenters. The average Bonchev–Trinajstić information content (AvgIpc) is 3.13. The Hall–Kier alpha value is -3.97. The molecule has 0 radical (unpaired) electrons. The SMILES string of the molecule is COc1cc(/C(O)=C2\C(=O)C(=O)N(c3ccc(N(C)C)cc3)C2c2ccccc2C)c(OC)cc1Cl. The number of Topliss-reactive ketones (excluding diaryl/α,β-unsaturated/α-hetero) is 1. The zero-order valence-electron chi connectivity index (χ0n) is 20.7. The minimum absolute atomic E-state index is 0.0475. The molecule has 1 unspecified atom stereocenters. The lowest BCUT2D eigenvalue weighted by molar-refractivity contribution is -0.132. The number of hydrogen-bond acceptors (Lipinski definition) is 6. The molecular weight excluding hydrogens is 480 g/mol. The number of carbonyl (C=O) groups excluding carboxylic acids is 2. The highest BCUT2D eigenvalue weighted by Crippen LogP contribution is 2.45. The van der Waals surface area contributed by atoms with Gasteiger partial charge in [-0.25, -0.2) is 0 Å². The number of nitrogens with zero attached hydrogens (tertiary/aromatic N) is 2. The van der Waals surface area contributed by atoms with Gasteiger partial charge in [-0.05, 0) is 48.4 Å². The fraction of sp³-hybridized carbons (Fsp3) is 0.214. The van der Waals surface area contributed by atoms with Crippen LogP contribution in [0.4, 0.5) is 11.4 Å². The van der Waals surface area contributed by atoms with Crippen molar-refractivity contribution in [2.24, 2.45) is 0 Å². The van der Waals surface area contributed by atoms with Crippen molar-refractivity contribution in [3.63, 3.8) is 0 Å². The van der Waals surface area contributed by atoms with Crippen LogP contribution in [0.2, 0.25) is 5.02 Å². The molecule has 0 aliphatic carbocycles. The molecule has 0 spiro atoms. The first-order valence-electron chi connectivity index (χ1n) is 11.2. The maximum absolute atomic E-state index is 13.5. The topological polar surface area (TPSA) is 79.3 Å². The third kappa shape index (κ3) is 4.27. The Labute approximate surface area is 215 Å². The van der Waals surface area contributed by atoms with Gasteiger partial charge in [0.15, 0.2) is 0 Å². The summed E-state index contributed by atoms with van der Waals surface area (Å²) in [4.78, 5) is 30.3. The Balaban J connectivity index is 1.98. The molecule has 7 nitrogen and oxygen atoms in total. The molecule has 36 heavy (non-hydrogen) atoms. The van der Waals surface area contributed by atoms with Crippen molar-refractivity contribution < 1.29 is 24.2 Å². The van der Waals surface area contributed by atoms with Gasteiger partial charge in [-0.3, -0.25) is 14.5 Å². The van der Waals surface area contributed by atoms with E-state index in [1.165, 1.54) is 31.3 Å². The number of hydrogen-bond donors (Lipinski definition) is 1. The number of aryl methyl sites for hydroxylation is 1. The van der Waals surface area contributed by atoms with Gasteiger partial charge < -0.3 is 19.5 Å². The number of benzene rings is 3. The van der Waals surface area contributed by atoms with Crippen molar-refractivity contribution in [2.45, 2.75) is 13.0 Å². The van der Waals surface area contributed by atoms with Gasteiger partial charge in [-0.2, -0.15) is 0 Å². The molecule has 1 N–H and O–H groups in total. The summed E-state index contributed by atoms with van der Waals surface area (Å²) in [6, 6.07) is 16.9. The number of anilines is 2. The van der Waals surface area contributed by atoms with Gasteiger partial charge >= 0.3 is 0 Å². The Morgan fingerprint density at radius 3 is 2.19 bits per heavy atom. The molecule has 0 bridgehead atoms. The number of aliphatic hydroxyl groups is 1. The van der Waals surface area contributed by atoms with E-state index in [2.05, 4.69) is 0 Å². The lowest BCUT2D eigenvalue weighted by atomic mass is 9.92. The second-order valence-electron chi connectivity index (χ2n) is 8.62. The van der Waals surface area contributed by atoms with Gasteiger partial charge in [0, 0.05) is 31.5 Å². The molecule has 1 aliphatic rings. The van der Waals surface area contributed by atoms with Crippen molar-refractivity contribution >= 4 is 40.4 Å². The molecule has 4 rings (SSSR count). The predicted molar refractivity (Wildman–Crippen MR) is 141 cm³/mol. The van der Waals surface area contributed by atoms with Gasteiger partial charge in [-0.1, -0.05) is 35.9 Å². The first-order chi connectivity index (χ1) is 17.2. The zero-order chi connectivity index (χ0) is 26.1. The summed E-state index contributed by atoms with van der Waals surface area (Å²) in [7, 11) is 6.71. The van der Waals surface area contributed by atoms with Crippen LogP contribution in [0.5, 0.6) is 11.5 Å². The molecule has 0 saturated carbocycles. The molecule has 1 fully saturated rings. The lowest BCUT2D eigenvalue weighted by Gasteiger charge is -2.27. The van der Waals surface area contributed by atoms with E-state index >= 15 is 0 Å². The summed E-state index contributed by atoms with van der Waals surface area (Å²) < 4.78 is 10.7. The normalized spacial score (nSPS) is 16.8. The lowest BCUT2D eigenvalue weighted by Crippen LogP contribution is -2.29. The van der Waals surface area contributed by atoms with E-state index in [4.69, 9.17) is 21.1 Å². The number of ketones is 1. The summed E-state index contributed by atoms with van der Waals surface area (Å²) in [6.07, 6.45) is 0. The van der Waals surface area contributed by atoms with Gasteiger partial charge in [0.1, 0.15) is 17.3 Å². The van der Waals surface area contributed by atoms with Crippen LogP contribution in [0.15, 0.2) is 66.2 Å². The third-order valence-electron chi connectivity index (χ3n) is 6.30. The molecule has 1 saturated heterocycles. The molecule has 186 valence electrons. The molecule has 1 heterocycles. The van der Waals surface area contributed by atoms with E-state index in [-0.39, 0.29) is 27.7 Å². The smallest absolute Gasteiger partial charge is 0.300 e. The number of halogens is 1. The monoisotopic (exact) mass is 506 g/mol. The quantitative estimate of drug-likeness (QED) is 0.275. The Morgan fingerprint density at radius 1 is 0.972 bits per heavy atom. The van der Waals surface area contributed by atoms with Crippen LogP contribution >= 0.6 is 11.6 Å². The fourth-order valence-electron chi connectivity index (χ4n) is 4.39. The third-order valence-corrected chi connectivity index (χ3v) is 6.60. The second-order valence-corrected chi connectivity index (χ2v) is 9.03. The van der Waals surface area contributed by atoms with E-state index in [1.54, 1.807) is 12.1 Å². The van der Waals surface area contributed by atoms with Crippen LogP contribution in [0, 0.1) is 6.92 Å². The predicted octanol–water partition coefficient (Wildman–Crippen LogP) is 5.36. The molecule has 3 aromatic rings. The first kappa shape index (κ1) is 25.1. The summed E-state index contributed by atoms with van der Waals surface area (Å²) >= 11 is 6.24. The van der Waals surface area contributed by atoms with Gasteiger partial charge in [0.25, 0.3) is 11.7 Å². The number of amides is 1. The highest BCUT2D eigenvalue weighted by molar-refractivity contribution is 6.51. The van der Waals surface area contributed by atoms with Crippen molar-refractivity contribution in [1.29, 1.82) is 0 Å². The van der Waals surface area contributed by atoms with Crippen molar-refractivity contribution in [1.82, 2.24) is 0 Å². The zero-order valence-corrected chi connectivity index (χ0v) is 21.5. The standard InChI is InChI=1S/C28H27ClN2O5/c1-16-8-6-7-9-19(16)25-24(26(32)20-14-23(36-5)21(29)15-22(20)35-4)27(33)28(34)31(25)18-12-10-17(11-13-18)30(2)3/h6-15,25,32H,1-5H3/b26-24+. The van der Waals surface area contributed by atoms with Crippen LogP contribution < -0.4 is 19.3 Å². The maximum atomic E-state index is 13.5. The summed E-state index contributed by atoms with van der Waals surface area (Å²) in [6.45, 7) is 1.90. The largest absolute Gasteiger partial charge is 0.507 e. The Morgan fingerprint density at radius 2 is 1.61 bits per heavy atom. The van der Waals surface area contributed by atoms with E-state index in [9.17, 15) is 14.7 Å². The molecule has 1 amide bonds. The van der Waals surface area contributed by atoms with Crippen LogP contribution in [-0.4, -0.2) is 45.1 Å². The van der Waals surface area contributed by atoms with Crippen LogP contribution in [0.3, 0.4) is 0 Å². The van der Waals surface area contributed by atoms with E-state index in [0.29, 0.717) is 11.4 Å². The summed E-state index contributed by atoms with van der Waals surface area (Å²) in [5.41, 5.74) is 3.21. The number of rotatable bonds is 6. The average molecular weight is 507 g/mol.